The average Bonchev–Trinajstić information content (AvgIpc) is 3.59. The molecule has 2 aliphatic heterocycles. The number of nitrogens with one attached hydrogen (secondary N) is 5. The fourth-order valence-corrected chi connectivity index (χ4v) is 3.61. The Kier molecular flexibility index (Phi) is 8.59. The first-order valence-electron chi connectivity index (χ1n) is 11.9. The van der Waals surface area contributed by atoms with Gasteiger partial charge in [0.15, 0.2) is 5.96 Å². The lowest BCUT2D eigenvalue weighted by atomic mass is 10.2. The van der Waals surface area contributed by atoms with Gasteiger partial charge in [-0.15, -0.1) is 0 Å². The van der Waals surface area contributed by atoms with E-state index in [9.17, 15) is 0 Å². The molecule has 34 heavy (non-hydrogen) atoms. The van der Waals surface area contributed by atoms with Crippen LogP contribution in [0.5, 0.6) is 11.5 Å². The van der Waals surface area contributed by atoms with E-state index in [-0.39, 0.29) is 0 Å². The smallest absolute Gasteiger partial charge is 0.188 e. The second-order valence-electron chi connectivity index (χ2n) is 8.00. The minimum absolute atomic E-state index is 0.323. The fraction of sp³-hybridized carbons (Fsp3) is 0.400. The van der Waals surface area contributed by atoms with Crippen molar-refractivity contribution in [2.24, 2.45) is 9.98 Å². The van der Waals surface area contributed by atoms with Crippen LogP contribution in [0, 0.1) is 5.41 Å². The molecule has 9 heteroatoms. The molecule has 0 fully saturated rings. The number of rotatable bonds is 12. The van der Waals surface area contributed by atoms with Crippen molar-refractivity contribution < 1.29 is 9.47 Å². The molecular weight excluding hydrogens is 430 g/mol. The first-order valence-corrected chi connectivity index (χ1v) is 11.9. The van der Waals surface area contributed by atoms with Gasteiger partial charge >= 0.3 is 0 Å². The van der Waals surface area contributed by atoms with Crippen molar-refractivity contribution in [2.75, 3.05) is 52.5 Å². The third-order valence-corrected chi connectivity index (χ3v) is 5.39. The molecule has 180 valence electrons. The van der Waals surface area contributed by atoms with Gasteiger partial charge in [-0.2, -0.15) is 0 Å². The van der Waals surface area contributed by atoms with Gasteiger partial charge in [0.05, 0.1) is 26.3 Å². The van der Waals surface area contributed by atoms with Crippen molar-refractivity contribution in [3.8, 4) is 11.5 Å². The molecule has 0 atom stereocenters. The zero-order valence-corrected chi connectivity index (χ0v) is 19.4. The fourth-order valence-electron chi connectivity index (χ4n) is 3.61. The minimum Gasteiger partial charge on any atom is -0.494 e. The van der Waals surface area contributed by atoms with Gasteiger partial charge in [0.2, 0.25) is 0 Å². The van der Waals surface area contributed by atoms with Crippen molar-refractivity contribution in [1.29, 1.82) is 5.41 Å². The Labute approximate surface area is 200 Å². The molecule has 2 aromatic rings. The van der Waals surface area contributed by atoms with Crippen LogP contribution in [0.2, 0.25) is 0 Å². The molecule has 0 radical (unpaired) electrons. The summed E-state index contributed by atoms with van der Waals surface area (Å²) in [5.41, 5.74) is 2.17. The van der Waals surface area contributed by atoms with Gasteiger partial charge in [-0.05, 0) is 61.4 Å². The summed E-state index contributed by atoms with van der Waals surface area (Å²) in [5.74, 6) is 3.91. The van der Waals surface area contributed by atoms with Crippen LogP contribution in [-0.2, 0) is 0 Å². The number of benzene rings is 2. The van der Waals surface area contributed by atoms with Crippen LogP contribution in [0.3, 0.4) is 0 Å². The van der Waals surface area contributed by atoms with E-state index >= 15 is 0 Å². The molecule has 0 unspecified atom stereocenters. The highest BCUT2D eigenvalue weighted by atomic mass is 16.5. The van der Waals surface area contributed by atoms with E-state index in [2.05, 4.69) is 31.3 Å². The van der Waals surface area contributed by atoms with E-state index in [1.165, 1.54) is 0 Å². The molecule has 0 aromatic heterocycles. The first kappa shape index (κ1) is 23.4. The van der Waals surface area contributed by atoms with Gasteiger partial charge in [-0.25, -0.2) is 0 Å². The quantitative estimate of drug-likeness (QED) is 0.186. The Bertz CT molecular complexity index is 908. The Morgan fingerprint density at radius 3 is 1.56 bits per heavy atom. The van der Waals surface area contributed by atoms with Gasteiger partial charge in [0, 0.05) is 37.3 Å². The molecule has 0 aliphatic carbocycles. The molecule has 0 bridgehead atoms. The standard InChI is InChI=1S/C25H33N7O2/c26-25(31-11-1-17-33-21-7-3-19(4-8-21)23-27-13-14-28-23)32-12-2-18-34-22-9-5-20(6-10-22)24-29-15-16-30-24/h3-10H,1-2,11-18H2,(H,27,28)(H,29,30)(H3,26,31,32). The summed E-state index contributed by atoms with van der Waals surface area (Å²) in [4.78, 5) is 8.83. The highest BCUT2D eigenvalue weighted by Gasteiger charge is 2.08. The van der Waals surface area contributed by atoms with E-state index < -0.39 is 0 Å². The molecule has 0 saturated heterocycles. The predicted octanol–water partition coefficient (Wildman–Crippen LogP) is 1.74. The Balaban J connectivity index is 1.01. The van der Waals surface area contributed by atoms with Crippen LogP contribution in [0.1, 0.15) is 24.0 Å². The van der Waals surface area contributed by atoms with E-state index in [1.807, 2.05) is 48.5 Å². The minimum atomic E-state index is 0.323. The number of aliphatic imine (C=N–C) groups is 2. The Morgan fingerprint density at radius 2 is 1.18 bits per heavy atom. The average molecular weight is 464 g/mol. The summed E-state index contributed by atoms with van der Waals surface area (Å²) < 4.78 is 11.6. The SMILES string of the molecule is N=C(NCCCOc1ccc(C2=NCCN2)cc1)NCCCOc1ccc(C2=NCCN2)cc1. The van der Waals surface area contributed by atoms with Crippen LogP contribution < -0.4 is 30.7 Å². The monoisotopic (exact) mass is 463 g/mol. The maximum absolute atomic E-state index is 7.96. The first-order chi connectivity index (χ1) is 16.8. The number of guanidine groups is 1. The number of hydrogen-bond acceptors (Lipinski definition) is 7. The lowest BCUT2D eigenvalue weighted by Gasteiger charge is -2.12. The zero-order chi connectivity index (χ0) is 23.4. The van der Waals surface area contributed by atoms with Crippen molar-refractivity contribution >= 4 is 17.6 Å². The summed E-state index contributed by atoms with van der Waals surface area (Å²) in [5, 5.41) is 20.6. The lowest BCUT2D eigenvalue weighted by Crippen LogP contribution is -2.38. The van der Waals surface area contributed by atoms with Crippen LogP contribution in [0.4, 0.5) is 0 Å². The Morgan fingerprint density at radius 1 is 0.735 bits per heavy atom. The molecule has 0 spiro atoms. The van der Waals surface area contributed by atoms with Crippen LogP contribution in [0.25, 0.3) is 0 Å². The summed E-state index contributed by atoms with van der Waals surface area (Å²) in [6, 6.07) is 15.9. The normalized spacial score (nSPS) is 14.5. The molecule has 0 amide bonds. The third-order valence-electron chi connectivity index (χ3n) is 5.39. The largest absolute Gasteiger partial charge is 0.494 e. The number of amidine groups is 2. The Hall–Kier alpha value is -3.75. The van der Waals surface area contributed by atoms with Gasteiger partial charge in [0.25, 0.3) is 0 Å². The van der Waals surface area contributed by atoms with Crippen LogP contribution >= 0.6 is 0 Å². The van der Waals surface area contributed by atoms with E-state index in [0.29, 0.717) is 32.3 Å². The highest BCUT2D eigenvalue weighted by Crippen LogP contribution is 2.14. The van der Waals surface area contributed by atoms with Gasteiger partial charge in [0.1, 0.15) is 23.2 Å². The van der Waals surface area contributed by atoms with Crippen LogP contribution in [0.15, 0.2) is 58.5 Å². The molecule has 2 aromatic carbocycles. The molecule has 2 heterocycles. The molecule has 4 rings (SSSR count). The van der Waals surface area contributed by atoms with Crippen molar-refractivity contribution in [3.05, 3.63) is 59.7 Å². The molecule has 9 nitrogen and oxygen atoms in total. The number of hydrogen-bond donors (Lipinski definition) is 5. The highest BCUT2D eigenvalue weighted by molar-refractivity contribution is 6.00. The molecular formula is C25H33N7O2. The van der Waals surface area contributed by atoms with Crippen molar-refractivity contribution in [1.82, 2.24) is 21.3 Å². The predicted molar refractivity (Wildman–Crippen MR) is 136 cm³/mol. The maximum atomic E-state index is 7.96. The van der Waals surface area contributed by atoms with E-state index in [0.717, 1.165) is 73.3 Å². The van der Waals surface area contributed by atoms with Gasteiger partial charge < -0.3 is 30.7 Å². The molecule has 5 N–H and O–H groups in total. The molecule has 0 saturated carbocycles. The van der Waals surface area contributed by atoms with E-state index in [4.69, 9.17) is 14.9 Å². The maximum Gasteiger partial charge on any atom is 0.188 e. The zero-order valence-electron chi connectivity index (χ0n) is 19.4. The van der Waals surface area contributed by atoms with E-state index in [1.54, 1.807) is 0 Å². The van der Waals surface area contributed by atoms with Crippen molar-refractivity contribution in [2.45, 2.75) is 12.8 Å². The second-order valence-corrected chi connectivity index (χ2v) is 8.00. The third kappa shape index (κ3) is 7.13. The lowest BCUT2D eigenvalue weighted by molar-refractivity contribution is 0.309. The van der Waals surface area contributed by atoms with Crippen molar-refractivity contribution in [3.63, 3.8) is 0 Å². The van der Waals surface area contributed by atoms with Crippen LogP contribution in [-0.4, -0.2) is 70.1 Å². The second kappa shape index (κ2) is 12.5. The summed E-state index contributed by atoms with van der Waals surface area (Å²) in [7, 11) is 0. The summed E-state index contributed by atoms with van der Waals surface area (Å²) >= 11 is 0. The summed E-state index contributed by atoms with van der Waals surface area (Å²) in [6.07, 6.45) is 1.61. The molecule has 2 aliphatic rings. The van der Waals surface area contributed by atoms with Gasteiger partial charge in [-0.3, -0.25) is 15.4 Å². The van der Waals surface area contributed by atoms with Gasteiger partial charge in [-0.1, -0.05) is 0 Å². The summed E-state index contributed by atoms with van der Waals surface area (Å²) in [6.45, 7) is 6.01. The number of nitrogens with zero attached hydrogens (tertiary/aromatic N) is 2. The number of ether oxygens (including phenoxy) is 2. The topological polar surface area (TPSA) is 115 Å².